The third-order valence-electron chi connectivity index (χ3n) is 5.75. The summed E-state index contributed by atoms with van der Waals surface area (Å²) < 4.78 is 13.8. The molecule has 5 rings (SSSR count). The number of aliphatic imine (C=N–C) groups is 1. The highest BCUT2D eigenvalue weighted by molar-refractivity contribution is 8.13. The number of thiophene rings is 1. The maximum Gasteiger partial charge on any atom is 0.255 e. The van der Waals surface area contributed by atoms with Crippen molar-refractivity contribution in [2.75, 3.05) is 11.1 Å². The Labute approximate surface area is 205 Å². The fourth-order valence-corrected chi connectivity index (χ4v) is 5.47. The molecule has 4 N–H and O–H groups in total. The summed E-state index contributed by atoms with van der Waals surface area (Å²) in [6.07, 6.45) is 3.45. The molecule has 2 unspecified atom stereocenters. The predicted molar refractivity (Wildman–Crippen MR) is 141 cm³/mol. The third kappa shape index (κ3) is 4.78. The van der Waals surface area contributed by atoms with E-state index in [1.54, 1.807) is 48.2 Å². The normalized spacial score (nSPS) is 18.9. The smallest absolute Gasteiger partial charge is 0.255 e. The van der Waals surface area contributed by atoms with Gasteiger partial charge in [-0.15, -0.1) is 11.3 Å². The van der Waals surface area contributed by atoms with Gasteiger partial charge >= 0.3 is 0 Å². The summed E-state index contributed by atoms with van der Waals surface area (Å²) in [6.45, 7) is 1.77. The first-order valence-corrected chi connectivity index (χ1v) is 12.7. The Morgan fingerprint density at radius 2 is 2.03 bits per heavy atom. The molecule has 0 fully saturated rings. The number of benzene rings is 2. The Hall–Kier alpha value is -3.36. The molecule has 2 aliphatic rings. The van der Waals surface area contributed by atoms with Crippen molar-refractivity contribution in [3.05, 3.63) is 94.7 Å². The van der Waals surface area contributed by atoms with Gasteiger partial charge in [0.05, 0.1) is 23.5 Å². The van der Waals surface area contributed by atoms with Crippen molar-refractivity contribution in [1.29, 1.82) is 0 Å². The summed E-state index contributed by atoms with van der Waals surface area (Å²) in [7, 11) is 0. The lowest BCUT2D eigenvalue weighted by atomic mass is 9.99. The van der Waals surface area contributed by atoms with Crippen molar-refractivity contribution in [3.8, 4) is 10.4 Å². The number of carbonyl (C=O) groups is 1. The molecule has 8 heteroatoms. The third-order valence-corrected chi connectivity index (χ3v) is 7.64. The minimum absolute atomic E-state index is 0.0128. The van der Waals surface area contributed by atoms with Gasteiger partial charge in [-0.05, 0) is 65.4 Å². The first-order chi connectivity index (χ1) is 16.5. The summed E-state index contributed by atoms with van der Waals surface area (Å²) in [6, 6.07) is 17.0. The second kappa shape index (κ2) is 9.48. The molecule has 34 heavy (non-hydrogen) atoms. The number of anilines is 2. The standard InChI is InChI=1S/C26H23FN4OS2/c1-15-11-22-23(13-19(15)27)31-26(30-22)34-14-16-4-6-17(7-5-16)25(32)29-21-12-18(8-9-20(21)28)24-3-2-10-33-24/h2-13,22-23H,14,28H2,1H3,(H,29,32)(H,30,31). The monoisotopic (exact) mass is 490 g/mol. The van der Waals surface area contributed by atoms with Crippen LogP contribution in [0.15, 0.2) is 88.5 Å². The second-order valence-electron chi connectivity index (χ2n) is 8.18. The number of nitrogens with one attached hydrogen (secondary N) is 2. The van der Waals surface area contributed by atoms with E-state index in [9.17, 15) is 9.18 Å². The van der Waals surface area contributed by atoms with Gasteiger partial charge in [0.25, 0.3) is 5.91 Å². The van der Waals surface area contributed by atoms with E-state index in [0.717, 1.165) is 21.2 Å². The van der Waals surface area contributed by atoms with Crippen LogP contribution in [0.2, 0.25) is 0 Å². The van der Waals surface area contributed by atoms with E-state index in [2.05, 4.69) is 15.6 Å². The van der Waals surface area contributed by atoms with Crippen molar-refractivity contribution >= 4 is 45.5 Å². The summed E-state index contributed by atoms with van der Waals surface area (Å²) >= 11 is 3.20. The molecule has 0 saturated carbocycles. The summed E-state index contributed by atoms with van der Waals surface area (Å²) in [4.78, 5) is 18.5. The van der Waals surface area contributed by atoms with Gasteiger partial charge in [-0.3, -0.25) is 9.79 Å². The zero-order chi connectivity index (χ0) is 23.7. The van der Waals surface area contributed by atoms with E-state index < -0.39 is 0 Å². The van der Waals surface area contributed by atoms with Crippen molar-refractivity contribution < 1.29 is 9.18 Å². The van der Waals surface area contributed by atoms with Crippen LogP contribution in [0.25, 0.3) is 10.4 Å². The van der Waals surface area contributed by atoms with Crippen LogP contribution in [0.3, 0.4) is 0 Å². The number of nitrogen functional groups attached to an aromatic ring is 1. The van der Waals surface area contributed by atoms with Gasteiger partial charge in [0, 0.05) is 16.2 Å². The molecule has 1 aromatic heterocycles. The molecule has 0 saturated heterocycles. The average Bonchev–Trinajstić information content (AvgIpc) is 3.50. The van der Waals surface area contributed by atoms with Crippen LogP contribution < -0.4 is 16.4 Å². The highest BCUT2D eigenvalue weighted by atomic mass is 32.2. The second-order valence-corrected chi connectivity index (χ2v) is 10.1. The maximum atomic E-state index is 13.8. The number of hydrogen-bond donors (Lipinski definition) is 3. The van der Waals surface area contributed by atoms with Crippen molar-refractivity contribution in [1.82, 2.24) is 5.32 Å². The first kappa shape index (κ1) is 22.4. The zero-order valence-corrected chi connectivity index (χ0v) is 20.1. The van der Waals surface area contributed by atoms with Crippen molar-refractivity contribution in [2.24, 2.45) is 4.99 Å². The molecule has 1 amide bonds. The van der Waals surface area contributed by atoms with E-state index in [1.807, 2.05) is 53.9 Å². The number of amides is 1. The van der Waals surface area contributed by atoms with E-state index >= 15 is 0 Å². The molecule has 0 bridgehead atoms. The largest absolute Gasteiger partial charge is 0.397 e. The number of hydrogen-bond acceptors (Lipinski definition) is 6. The fourth-order valence-electron chi connectivity index (χ4n) is 3.83. The van der Waals surface area contributed by atoms with Gasteiger partial charge < -0.3 is 16.4 Å². The molecule has 3 aromatic rings. The topological polar surface area (TPSA) is 79.5 Å². The van der Waals surface area contributed by atoms with Crippen LogP contribution >= 0.6 is 23.1 Å². The number of halogens is 1. The number of nitrogens with zero attached hydrogens (tertiary/aromatic N) is 1. The van der Waals surface area contributed by atoms with Crippen LogP contribution in [-0.4, -0.2) is 23.2 Å². The minimum Gasteiger partial charge on any atom is -0.397 e. The number of amidine groups is 1. The van der Waals surface area contributed by atoms with Gasteiger partial charge in [0.2, 0.25) is 0 Å². The highest BCUT2D eigenvalue weighted by Gasteiger charge is 2.29. The summed E-state index contributed by atoms with van der Waals surface area (Å²) in [5.41, 5.74) is 10.5. The van der Waals surface area contributed by atoms with Crippen LogP contribution in [0.4, 0.5) is 15.8 Å². The average molecular weight is 491 g/mol. The van der Waals surface area contributed by atoms with Crippen molar-refractivity contribution in [2.45, 2.75) is 24.8 Å². The lowest BCUT2D eigenvalue weighted by Crippen LogP contribution is -2.33. The maximum absolute atomic E-state index is 13.8. The number of fused-ring (bicyclic) bond motifs is 1. The van der Waals surface area contributed by atoms with Gasteiger partial charge in [0.15, 0.2) is 5.17 Å². The highest BCUT2D eigenvalue weighted by Crippen LogP contribution is 2.31. The summed E-state index contributed by atoms with van der Waals surface area (Å²) in [5.74, 6) is 0.278. The van der Waals surface area contributed by atoms with Crippen molar-refractivity contribution in [3.63, 3.8) is 0 Å². The lowest BCUT2D eigenvalue weighted by molar-refractivity contribution is 0.102. The van der Waals surface area contributed by atoms with Crippen LogP contribution in [0.1, 0.15) is 22.8 Å². The van der Waals surface area contributed by atoms with E-state index in [0.29, 0.717) is 28.3 Å². The first-order valence-electron chi connectivity index (χ1n) is 10.8. The number of carbonyl (C=O) groups excluding carboxylic acids is 1. The Bertz CT molecular complexity index is 1310. The van der Waals surface area contributed by atoms with Gasteiger partial charge in [0.1, 0.15) is 5.83 Å². The molecule has 1 aliphatic carbocycles. The molecule has 2 atom stereocenters. The molecule has 0 spiro atoms. The van der Waals surface area contributed by atoms with E-state index in [1.165, 1.54) is 0 Å². The Morgan fingerprint density at radius 1 is 1.21 bits per heavy atom. The number of allylic oxidation sites excluding steroid dienone is 2. The molecule has 2 heterocycles. The molecule has 5 nitrogen and oxygen atoms in total. The van der Waals surface area contributed by atoms with E-state index in [4.69, 9.17) is 5.73 Å². The van der Waals surface area contributed by atoms with Crippen LogP contribution in [0, 0.1) is 0 Å². The SMILES string of the molecule is CC1=CC2NC(SCc3ccc(C(=O)Nc4cc(-c5cccs5)ccc4N)cc3)=NC2C=C1F. The van der Waals surface area contributed by atoms with Crippen LogP contribution in [-0.2, 0) is 5.75 Å². The van der Waals surface area contributed by atoms with Gasteiger partial charge in [-0.2, -0.15) is 0 Å². The fraction of sp³-hybridized carbons (Fsp3) is 0.154. The van der Waals surface area contributed by atoms with Gasteiger partial charge in [-0.25, -0.2) is 4.39 Å². The molecule has 0 radical (unpaired) electrons. The Morgan fingerprint density at radius 3 is 2.79 bits per heavy atom. The molecular weight excluding hydrogens is 467 g/mol. The number of thioether (sulfide) groups is 1. The zero-order valence-electron chi connectivity index (χ0n) is 18.4. The van der Waals surface area contributed by atoms with Crippen LogP contribution in [0.5, 0.6) is 0 Å². The number of nitrogens with two attached hydrogens (primary N) is 1. The Kier molecular flexibility index (Phi) is 6.26. The van der Waals surface area contributed by atoms with Gasteiger partial charge in [-0.1, -0.05) is 42.1 Å². The predicted octanol–water partition coefficient (Wildman–Crippen LogP) is 5.99. The minimum atomic E-state index is -0.212. The molecule has 2 aromatic carbocycles. The Balaban J connectivity index is 1.20. The summed E-state index contributed by atoms with van der Waals surface area (Å²) in [5, 5.41) is 9.08. The molecule has 172 valence electrons. The quantitative estimate of drug-likeness (QED) is 0.384. The lowest BCUT2D eigenvalue weighted by Gasteiger charge is -2.17. The molecular formula is C26H23FN4OS2. The van der Waals surface area contributed by atoms with E-state index in [-0.39, 0.29) is 23.8 Å². The number of rotatable bonds is 5. The molecule has 1 aliphatic heterocycles.